The Morgan fingerprint density at radius 2 is 2.39 bits per heavy atom. The first-order chi connectivity index (χ1) is 8.67. The van der Waals surface area contributed by atoms with Crippen molar-refractivity contribution in [2.75, 3.05) is 25.5 Å². The van der Waals surface area contributed by atoms with Crippen LogP contribution in [0.15, 0.2) is 18.2 Å². The van der Waals surface area contributed by atoms with Crippen LogP contribution in [0.1, 0.15) is 23.2 Å². The Labute approximate surface area is 112 Å². The zero-order chi connectivity index (χ0) is 13.1. The van der Waals surface area contributed by atoms with Gasteiger partial charge >= 0.3 is 0 Å². The van der Waals surface area contributed by atoms with Crippen molar-refractivity contribution in [3.05, 3.63) is 28.8 Å². The average Bonchev–Trinajstić information content (AvgIpc) is 2.86. The number of anilines is 1. The van der Waals surface area contributed by atoms with Gasteiger partial charge in [-0.1, -0.05) is 11.6 Å². The van der Waals surface area contributed by atoms with E-state index in [0.717, 1.165) is 18.5 Å². The van der Waals surface area contributed by atoms with Crippen molar-refractivity contribution in [2.45, 2.75) is 18.9 Å². The number of aliphatic hydroxyl groups excluding tert-OH is 1. The molecule has 1 aromatic rings. The fourth-order valence-corrected chi connectivity index (χ4v) is 2.53. The van der Waals surface area contributed by atoms with E-state index < -0.39 is 0 Å². The molecule has 1 heterocycles. The van der Waals surface area contributed by atoms with E-state index in [9.17, 15) is 9.90 Å². The molecule has 18 heavy (non-hydrogen) atoms. The Kier molecular flexibility index (Phi) is 4.09. The van der Waals surface area contributed by atoms with Crippen LogP contribution in [0.2, 0.25) is 5.02 Å². The zero-order valence-corrected chi connectivity index (χ0v) is 11.1. The van der Waals surface area contributed by atoms with E-state index in [4.69, 9.17) is 11.6 Å². The number of benzene rings is 1. The SMILES string of the molecule is CNc1ccc(Cl)cc1C(=O)N1CCC[C@H]1CO. The minimum Gasteiger partial charge on any atom is -0.394 e. The topological polar surface area (TPSA) is 52.6 Å². The van der Waals surface area contributed by atoms with Crippen LogP contribution in [0.3, 0.4) is 0 Å². The minimum absolute atomic E-state index is 0.0151. The normalized spacial score (nSPS) is 19.1. The molecule has 5 heteroatoms. The predicted molar refractivity (Wildman–Crippen MR) is 72.1 cm³/mol. The Morgan fingerprint density at radius 3 is 3.06 bits per heavy atom. The van der Waals surface area contributed by atoms with Crippen LogP contribution >= 0.6 is 11.6 Å². The highest BCUT2D eigenvalue weighted by Crippen LogP contribution is 2.25. The van der Waals surface area contributed by atoms with Gasteiger partial charge in [0.2, 0.25) is 0 Å². The Morgan fingerprint density at radius 1 is 1.61 bits per heavy atom. The summed E-state index contributed by atoms with van der Waals surface area (Å²) in [6.07, 6.45) is 1.80. The number of nitrogens with zero attached hydrogens (tertiary/aromatic N) is 1. The smallest absolute Gasteiger partial charge is 0.256 e. The summed E-state index contributed by atoms with van der Waals surface area (Å²) in [5.74, 6) is -0.0709. The number of carbonyl (C=O) groups is 1. The number of carbonyl (C=O) groups excluding carboxylic acids is 1. The number of amides is 1. The van der Waals surface area contributed by atoms with Crippen molar-refractivity contribution >= 4 is 23.2 Å². The van der Waals surface area contributed by atoms with E-state index in [0.29, 0.717) is 17.1 Å². The van der Waals surface area contributed by atoms with Crippen molar-refractivity contribution in [2.24, 2.45) is 0 Å². The van der Waals surface area contributed by atoms with Gasteiger partial charge in [0.25, 0.3) is 5.91 Å². The maximum atomic E-state index is 12.5. The van der Waals surface area contributed by atoms with Gasteiger partial charge in [0, 0.05) is 24.3 Å². The summed E-state index contributed by atoms with van der Waals surface area (Å²) in [7, 11) is 1.77. The molecule has 0 spiro atoms. The molecule has 1 fully saturated rings. The second-order valence-corrected chi connectivity index (χ2v) is 4.85. The molecular weight excluding hydrogens is 252 g/mol. The van der Waals surface area contributed by atoms with Gasteiger partial charge in [0.1, 0.15) is 0 Å². The molecule has 1 aliphatic heterocycles. The minimum atomic E-state index is -0.0709. The quantitative estimate of drug-likeness (QED) is 0.881. The molecule has 1 aromatic carbocycles. The van der Waals surface area contributed by atoms with Gasteiger partial charge in [-0.15, -0.1) is 0 Å². The molecule has 1 atom stereocenters. The van der Waals surface area contributed by atoms with E-state index in [1.807, 2.05) is 0 Å². The lowest BCUT2D eigenvalue weighted by molar-refractivity contribution is 0.0678. The van der Waals surface area contributed by atoms with Gasteiger partial charge in [0.05, 0.1) is 18.2 Å². The summed E-state index contributed by atoms with van der Waals surface area (Å²) in [6.45, 7) is 0.709. The summed E-state index contributed by atoms with van der Waals surface area (Å²) < 4.78 is 0. The van der Waals surface area contributed by atoms with E-state index in [2.05, 4.69) is 5.32 Å². The van der Waals surface area contributed by atoms with Crippen LogP contribution < -0.4 is 5.32 Å². The predicted octanol–water partition coefficient (Wildman–Crippen LogP) is 1.98. The Bertz CT molecular complexity index is 451. The maximum Gasteiger partial charge on any atom is 0.256 e. The molecule has 0 aliphatic carbocycles. The van der Waals surface area contributed by atoms with Gasteiger partial charge in [-0.05, 0) is 31.0 Å². The van der Waals surface area contributed by atoms with E-state index in [1.54, 1.807) is 30.1 Å². The van der Waals surface area contributed by atoms with E-state index >= 15 is 0 Å². The van der Waals surface area contributed by atoms with E-state index in [-0.39, 0.29) is 18.6 Å². The molecule has 0 aromatic heterocycles. The van der Waals surface area contributed by atoms with Crippen LogP contribution in [0.25, 0.3) is 0 Å². The number of likely N-dealkylation sites (tertiary alicyclic amines) is 1. The summed E-state index contributed by atoms with van der Waals surface area (Å²) in [4.78, 5) is 14.2. The molecule has 2 rings (SSSR count). The van der Waals surface area contributed by atoms with Crippen LogP contribution in [0, 0.1) is 0 Å². The zero-order valence-electron chi connectivity index (χ0n) is 10.3. The van der Waals surface area contributed by atoms with Gasteiger partial charge in [-0.3, -0.25) is 4.79 Å². The average molecular weight is 269 g/mol. The maximum absolute atomic E-state index is 12.5. The van der Waals surface area contributed by atoms with Crippen molar-refractivity contribution in [3.8, 4) is 0 Å². The molecule has 0 unspecified atom stereocenters. The number of aliphatic hydroxyl groups is 1. The molecule has 0 saturated carbocycles. The Balaban J connectivity index is 2.30. The highest BCUT2D eigenvalue weighted by Gasteiger charge is 2.29. The number of hydrogen-bond acceptors (Lipinski definition) is 3. The third kappa shape index (κ3) is 2.44. The fraction of sp³-hybridized carbons (Fsp3) is 0.462. The molecule has 1 amide bonds. The van der Waals surface area contributed by atoms with Crippen molar-refractivity contribution in [3.63, 3.8) is 0 Å². The molecule has 1 aliphatic rings. The van der Waals surface area contributed by atoms with Crippen molar-refractivity contribution in [1.82, 2.24) is 4.90 Å². The molecule has 1 saturated heterocycles. The number of hydrogen-bond donors (Lipinski definition) is 2. The first-order valence-corrected chi connectivity index (χ1v) is 6.44. The summed E-state index contributed by atoms with van der Waals surface area (Å²) in [6, 6.07) is 5.14. The first-order valence-electron chi connectivity index (χ1n) is 6.06. The molecule has 2 N–H and O–H groups in total. The van der Waals surface area contributed by atoms with Crippen molar-refractivity contribution in [1.29, 1.82) is 0 Å². The summed E-state index contributed by atoms with van der Waals surface area (Å²) in [5, 5.41) is 12.8. The van der Waals surface area contributed by atoms with Crippen molar-refractivity contribution < 1.29 is 9.90 Å². The molecular formula is C13H17ClN2O2. The monoisotopic (exact) mass is 268 g/mol. The number of nitrogens with one attached hydrogen (secondary N) is 1. The van der Waals surface area contributed by atoms with Gasteiger partial charge in [-0.2, -0.15) is 0 Å². The third-order valence-corrected chi connectivity index (χ3v) is 3.57. The number of rotatable bonds is 3. The van der Waals surface area contributed by atoms with Gasteiger partial charge in [-0.25, -0.2) is 0 Å². The highest BCUT2D eigenvalue weighted by molar-refractivity contribution is 6.31. The molecule has 98 valence electrons. The third-order valence-electron chi connectivity index (χ3n) is 3.33. The molecule has 4 nitrogen and oxygen atoms in total. The summed E-state index contributed by atoms with van der Waals surface area (Å²) in [5.41, 5.74) is 1.32. The molecule has 0 bridgehead atoms. The standard InChI is InChI=1S/C13H17ClN2O2/c1-15-12-5-4-9(14)7-11(12)13(18)16-6-2-3-10(16)8-17/h4-5,7,10,15,17H,2-3,6,8H2,1H3/t10-/m0/s1. The summed E-state index contributed by atoms with van der Waals surface area (Å²) >= 11 is 5.95. The second kappa shape index (κ2) is 5.59. The molecule has 0 radical (unpaired) electrons. The van der Waals surface area contributed by atoms with Crippen LogP contribution in [-0.4, -0.2) is 42.2 Å². The number of halogens is 1. The van der Waals surface area contributed by atoms with Crippen LogP contribution in [0.5, 0.6) is 0 Å². The lowest BCUT2D eigenvalue weighted by Gasteiger charge is -2.24. The van der Waals surface area contributed by atoms with Crippen LogP contribution in [0.4, 0.5) is 5.69 Å². The Hall–Kier alpha value is -1.26. The largest absolute Gasteiger partial charge is 0.394 e. The van der Waals surface area contributed by atoms with Gasteiger partial charge in [0.15, 0.2) is 0 Å². The fourth-order valence-electron chi connectivity index (χ4n) is 2.36. The lowest BCUT2D eigenvalue weighted by atomic mass is 10.1. The second-order valence-electron chi connectivity index (χ2n) is 4.42. The van der Waals surface area contributed by atoms with Crippen LogP contribution in [-0.2, 0) is 0 Å². The first kappa shape index (κ1) is 13.2. The van der Waals surface area contributed by atoms with Gasteiger partial charge < -0.3 is 15.3 Å². The van der Waals surface area contributed by atoms with E-state index in [1.165, 1.54) is 0 Å². The lowest BCUT2D eigenvalue weighted by Crippen LogP contribution is -2.37. The highest BCUT2D eigenvalue weighted by atomic mass is 35.5.